The Morgan fingerprint density at radius 2 is 0.444 bits per heavy atom. The minimum Gasteiger partial charge on any atom is -0.356 e. The Balaban J connectivity index is -0.0000000257. The van der Waals surface area contributed by atoms with Crippen LogP contribution in [-0.4, -0.2) is 20.3 Å². The normalized spacial score (nSPS) is 5.33. The Morgan fingerprint density at radius 1 is 0.444 bits per heavy atom. The van der Waals surface area contributed by atoms with Gasteiger partial charge in [0.1, 0.15) is 0 Å². The van der Waals surface area contributed by atoms with Crippen molar-refractivity contribution in [3.8, 4) is 0 Å². The van der Waals surface area contributed by atoms with Crippen LogP contribution in [0.15, 0.2) is 0 Å². The average Bonchev–Trinajstić information content (AvgIpc) is 1.76. The molecule has 0 aliphatic heterocycles. The summed E-state index contributed by atoms with van der Waals surface area (Å²) in [6.45, 7) is 0. The van der Waals surface area contributed by atoms with Crippen LogP contribution >= 0.6 is 0 Å². The molecule has 107 valence electrons. The molecular weight excluding hydrogens is 457 g/mol. The maximum absolute atomic E-state index is 8.25. The predicted molar refractivity (Wildman–Crippen MR) is 43.6 cm³/mol. The number of hydrogen-bond acceptors (Lipinski definition) is 12. The van der Waals surface area contributed by atoms with Gasteiger partial charge in [-0.05, 0) is 0 Å². The molecule has 0 saturated carbocycles. The smallest absolute Gasteiger partial charge is 0.356 e. The van der Waals surface area contributed by atoms with E-state index >= 15 is 0 Å². The molecule has 0 bridgehead atoms. The van der Waals surface area contributed by atoms with Gasteiger partial charge < -0.3 is 61.3 Å². The molecule has 0 spiro atoms. The molecule has 0 heterocycles. The third kappa shape index (κ3) is 320. The molecule has 0 aliphatic rings. The number of nitrogens with zero attached hydrogens (tertiary/aromatic N) is 5. The minimum atomic E-state index is -1.75. The van der Waals surface area contributed by atoms with Crippen molar-refractivity contribution in [2.45, 2.75) is 0 Å². The predicted octanol–water partition coefficient (Wildman–Crippen LogP) is -1.44. The summed E-state index contributed by atoms with van der Waals surface area (Å²) in [5, 5.41) is 59.0. The molecule has 0 aliphatic carbocycles. The Morgan fingerprint density at radius 3 is 0.444 bits per heavy atom. The first-order chi connectivity index (χ1) is 6.93. The van der Waals surface area contributed by atoms with Crippen molar-refractivity contribution in [2.75, 3.05) is 0 Å². The van der Waals surface area contributed by atoms with Crippen LogP contribution in [0.2, 0.25) is 0 Å². The molecule has 0 atom stereocenters. The summed E-state index contributed by atoms with van der Waals surface area (Å²) in [6.07, 6.45) is 0. The fourth-order valence-electron chi connectivity index (χ4n) is 0. The summed E-state index contributed by atoms with van der Waals surface area (Å²) in [5.41, 5.74) is 0. The molecule has 17 nitrogen and oxygen atoms in total. The van der Waals surface area contributed by atoms with E-state index in [1.165, 1.54) is 0 Å². The Hall–Kier alpha value is -2.55. The van der Waals surface area contributed by atoms with E-state index in [2.05, 4.69) is 0 Å². The van der Waals surface area contributed by atoms with Gasteiger partial charge in [0.25, 0.3) is 0 Å². The first-order valence-electron chi connectivity index (χ1n) is 2.19. The summed E-state index contributed by atoms with van der Waals surface area (Å²) < 4.78 is 0. The quantitative estimate of drug-likeness (QED) is 0.298. The van der Waals surface area contributed by atoms with Gasteiger partial charge in [-0.3, -0.25) is 0 Å². The van der Waals surface area contributed by atoms with Gasteiger partial charge in [-0.2, -0.15) is 0 Å². The average molecular weight is 457 g/mol. The molecule has 0 aromatic carbocycles. The Kier molecular flexibility index (Phi) is 58.7. The summed E-state index contributed by atoms with van der Waals surface area (Å²) >= 11 is 0. The van der Waals surface area contributed by atoms with Crippen LogP contribution in [0.4, 0.5) is 0 Å². The van der Waals surface area contributed by atoms with Gasteiger partial charge in [-0.1, -0.05) is 0 Å². The molecule has 0 unspecified atom stereocenters. The van der Waals surface area contributed by atoms with E-state index in [9.17, 15) is 0 Å². The maximum atomic E-state index is 8.25. The topological polar surface area (TPSA) is 295 Å². The minimum absolute atomic E-state index is 0. The van der Waals surface area contributed by atoms with E-state index in [0.29, 0.717) is 0 Å². The zero-order chi connectivity index (χ0) is 14.3. The van der Waals surface area contributed by atoms with Crippen molar-refractivity contribution in [2.24, 2.45) is 0 Å². The molecular formula is N5O12Pt. The van der Waals surface area contributed by atoms with Crippen molar-refractivity contribution in [3.05, 3.63) is 61.3 Å². The zero-order valence-electron chi connectivity index (χ0n) is 7.45. The summed E-state index contributed by atoms with van der Waals surface area (Å²) in [4.78, 5) is 33.0. The molecule has 0 N–H and O–H groups in total. The van der Waals surface area contributed by atoms with Crippen molar-refractivity contribution in [1.29, 1.82) is 0 Å². The second kappa shape index (κ2) is 29.3. The molecule has 3 radical (unpaired) electrons. The molecule has 0 amide bonds. The maximum Gasteiger partial charge on any atom is 4.00 e. The van der Waals surface area contributed by atoms with Crippen LogP contribution in [0.25, 0.3) is 0 Å². The number of rotatable bonds is 0. The SMILES string of the molecule is O=[N+]([O-])[O-].O=[N+]([O-])[O-].O=[N+]([O-])[O-].O=[N+]([O-])[O-].[N].[Pt+4]. The van der Waals surface area contributed by atoms with Gasteiger partial charge in [0.15, 0.2) is 0 Å². The van der Waals surface area contributed by atoms with Gasteiger partial charge in [0, 0.05) is 6.15 Å². The third-order valence-electron chi connectivity index (χ3n) is 0. The second-order valence-corrected chi connectivity index (χ2v) is 0.894. The molecule has 0 aromatic rings. The fourth-order valence-corrected chi connectivity index (χ4v) is 0. The van der Waals surface area contributed by atoms with E-state index in [1.54, 1.807) is 0 Å². The van der Waals surface area contributed by atoms with Crippen molar-refractivity contribution in [1.82, 2.24) is 6.15 Å². The van der Waals surface area contributed by atoms with Crippen molar-refractivity contribution < 1.29 is 41.4 Å². The molecule has 0 saturated heterocycles. The molecule has 18 heavy (non-hydrogen) atoms. The van der Waals surface area contributed by atoms with Gasteiger partial charge in [-0.25, -0.2) is 0 Å². The molecule has 0 fully saturated rings. The third-order valence-corrected chi connectivity index (χ3v) is 0. The molecule has 18 heteroatoms. The van der Waals surface area contributed by atoms with Crippen LogP contribution in [-0.2, 0) is 21.1 Å². The summed E-state index contributed by atoms with van der Waals surface area (Å²) in [6, 6.07) is 0. The monoisotopic (exact) mass is 457 g/mol. The van der Waals surface area contributed by atoms with Crippen molar-refractivity contribution >= 4 is 0 Å². The van der Waals surface area contributed by atoms with E-state index < -0.39 is 20.3 Å². The van der Waals surface area contributed by atoms with Gasteiger partial charge in [-0.15, -0.1) is 0 Å². The van der Waals surface area contributed by atoms with Crippen LogP contribution in [0.5, 0.6) is 0 Å². The van der Waals surface area contributed by atoms with E-state index in [1.807, 2.05) is 0 Å². The van der Waals surface area contributed by atoms with Crippen molar-refractivity contribution in [3.63, 3.8) is 0 Å². The summed E-state index contributed by atoms with van der Waals surface area (Å²) in [7, 11) is 0. The zero-order valence-corrected chi connectivity index (χ0v) is 9.72. The number of hydrogen-bond donors (Lipinski definition) is 0. The first-order valence-corrected chi connectivity index (χ1v) is 2.19. The van der Waals surface area contributed by atoms with E-state index in [-0.39, 0.29) is 27.2 Å². The van der Waals surface area contributed by atoms with Crippen LogP contribution in [0.1, 0.15) is 0 Å². The largest absolute Gasteiger partial charge is 4.00 e. The molecule has 0 rings (SSSR count). The molecule has 0 aromatic heterocycles. The van der Waals surface area contributed by atoms with Crippen LogP contribution in [0.3, 0.4) is 0 Å². The van der Waals surface area contributed by atoms with Crippen LogP contribution in [0, 0.1) is 61.3 Å². The summed E-state index contributed by atoms with van der Waals surface area (Å²) in [5.74, 6) is 0. The standard InChI is InChI=1S/4NO3.N.Pt/c4*2-1(3)4;;/q4*-1;;+4. The van der Waals surface area contributed by atoms with Gasteiger partial charge in [0.2, 0.25) is 0 Å². The first kappa shape index (κ1) is 36.1. The fraction of sp³-hybridized carbons (Fsp3) is 0. The Bertz CT molecular complexity index is 161. The van der Waals surface area contributed by atoms with Gasteiger partial charge in [0.05, 0.1) is 20.3 Å². The van der Waals surface area contributed by atoms with E-state index in [0.717, 1.165) is 0 Å². The van der Waals surface area contributed by atoms with Crippen LogP contribution < -0.4 is 6.15 Å². The second-order valence-electron chi connectivity index (χ2n) is 0.894. The van der Waals surface area contributed by atoms with E-state index in [4.69, 9.17) is 61.3 Å². The Labute approximate surface area is 110 Å². The van der Waals surface area contributed by atoms with Gasteiger partial charge >= 0.3 is 21.1 Å².